The van der Waals surface area contributed by atoms with Crippen LogP contribution in [0.15, 0.2) is 24.3 Å². The molecule has 0 atom stereocenters. The molecule has 1 aliphatic carbocycles. The molecule has 0 aliphatic heterocycles. The van der Waals surface area contributed by atoms with Gasteiger partial charge in [-0.05, 0) is 68.0 Å². The van der Waals surface area contributed by atoms with Gasteiger partial charge < -0.3 is 15.0 Å². The summed E-state index contributed by atoms with van der Waals surface area (Å²) in [6, 6.07) is 9.15. The molecule has 3 aromatic rings. The first kappa shape index (κ1) is 22.6. The fourth-order valence-electron chi connectivity index (χ4n) is 4.30. The maximum atomic E-state index is 12.9. The quantitative estimate of drug-likeness (QED) is 0.578. The Balaban J connectivity index is 1.64. The normalized spacial score (nSPS) is 18.5. The maximum Gasteiger partial charge on any atom is 0.253 e. The molecule has 0 bridgehead atoms. The van der Waals surface area contributed by atoms with Gasteiger partial charge in [0.15, 0.2) is 0 Å². The molecular weight excluding hydrogens is 447 g/mol. The number of halogens is 2. The lowest BCUT2D eigenvalue weighted by Crippen LogP contribution is -2.38. The Morgan fingerprint density at radius 2 is 2.00 bits per heavy atom. The van der Waals surface area contributed by atoms with Crippen LogP contribution in [0, 0.1) is 18.3 Å². The van der Waals surface area contributed by atoms with Crippen molar-refractivity contribution >= 4 is 40.1 Å². The summed E-state index contributed by atoms with van der Waals surface area (Å²) in [7, 11) is 1.89. The predicted octanol–water partition coefficient (Wildman–Crippen LogP) is 4.68. The van der Waals surface area contributed by atoms with E-state index >= 15 is 0 Å². The second kappa shape index (κ2) is 9.11. The average Bonchev–Trinajstić information content (AvgIpc) is 3.08. The lowest BCUT2D eigenvalue weighted by atomic mass is 9.93. The Kier molecular flexibility index (Phi) is 6.43. The minimum absolute atomic E-state index is 0.0261. The fraction of sp³-hybridized carbons (Fsp3) is 0.375. The summed E-state index contributed by atoms with van der Waals surface area (Å²) in [5.41, 5.74) is 4.19. The van der Waals surface area contributed by atoms with Crippen LogP contribution in [0.4, 0.5) is 0 Å². The number of carbonyl (C=O) groups excluding carboxylic acids is 1. The van der Waals surface area contributed by atoms with E-state index in [1.807, 2.05) is 30.7 Å². The number of carbonyl (C=O) groups is 1. The number of hydrogen-bond acceptors (Lipinski definition) is 4. The second-order valence-corrected chi connectivity index (χ2v) is 9.19. The third-order valence-electron chi connectivity index (χ3n) is 6.20. The molecule has 0 spiro atoms. The van der Waals surface area contributed by atoms with E-state index < -0.39 is 0 Å². The maximum absolute atomic E-state index is 12.9. The number of benzene rings is 2. The van der Waals surface area contributed by atoms with Gasteiger partial charge in [0.1, 0.15) is 5.82 Å². The van der Waals surface area contributed by atoms with E-state index in [2.05, 4.69) is 11.4 Å². The van der Waals surface area contributed by atoms with Crippen molar-refractivity contribution in [3.8, 4) is 6.07 Å². The van der Waals surface area contributed by atoms with Crippen molar-refractivity contribution < 1.29 is 9.90 Å². The largest absolute Gasteiger partial charge is 0.393 e. The van der Waals surface area contributed by atoms with E-state index in [-0.39, 0.29) is 18.1 Å². The SMILES string of the molecule is Cc1cc(C#N)cc2c1nc(Cc1c(Cl)ccc(C(=O)N[C@H]3CC[C@@H](O)CC3)c1Cl)n2C. The zero-order chi connectivity index (χ0) is 23.0. The molecule has 1 aromatic heterocycles. The van der Waals surface area contributed by atoms with E-state index in [1.54, 1.807) is 12.1 Å². The van der Waals surface area contributed by atoms with Gasteiger partial charge >= 0.3 is 0 Å². The van der Waals surface area contributed by atoms with Crippen LogP contribution in [0.2, 0.25) is 10.0 Å². The Morgan fingerprint density at radius 1 is 1.28 bits per heavy atom. The number of nitrogens with zero attached hydrogens (tertiary/aromatic N) is 3. The second-order valence-electron chi connectivity index (χ2n) is 8.40. The van der Waals surface area contributed by atoms with Crippen LogP contribution in [0.1, 0.15) is 58.6 Å². The van der Waals surface area contributed by atoms with Crippen molar-refractivity contribution in [2.75, 3.05) is 0 Å². The predicted molar refractivity (Wildman–Crippen MR) is 125 cm³/mol. The number of hydrogen-bond donors (Lipinski definition) is 2. The van der Waals surface area contributed by atoms with Crippen LogP contribution in [-0.2, 0) is 13.5 Å². The molecule has 0 saturated heterocycles. The molecule has 1 aliphatic rings. The monoisotopic (exact) mass is 470 g/mol. The summed E-state index contributed by atoms with van der Waals surface area (Å²) in [6.45, 7) is 1.93. The zero-order valence-electron chi connectivity index (χ0n) is 18.0. The smallest absolute Gasteiger partial charge is 0.253 e. The number of aromatic nitrogens is 2. The van der Waals surface area contributed by atoms with E-state index in [0.717, 1.165) is 35.3 Å². The summed E-state index contributed by atoms with van der Waals surface area (Å²) in [5.74, 6) is 0.495. The highest BCUT2D eigenvalue weighted by atomic mass is 35.5. The Labute approximate surface area is 196 Å². The van der Waals surface area contributed by atoms with Gasteiger partial charge in [-0.15, -0.1) is 0 Å². The van der Waals surface area contributed by atoms with E-state index in [9.17, 15) is 15.2 Å². The number of amides is 1. The number of nitriles is 1. The molecule has 1 amide bonds. The lowest BCUT2D eigenvalue weighted by molar-refractivity contribution is 0.0867. The third kappa shape index (κ3) is 4.33. The van der Waals surface area contributed by atoms with Crippen LogP contribution in [-0.4, -0.2) is 32.7 Å². The minimum Gasteiger partial charge on any atom is -0.393 e. The van der Waals surface area contributed by atoms with Crippen molar-refractivity contribution in [1.29, 1.82) is 5.26 Å². The standard InChI is InChI=1S/C24H24Cl2N4O2/c1-13-9-14(12-27)10-20-23(13)29-21(30(20)2)11-18-19(25)8-7-17(22(18)26)24(32)28-15-3-5-16(31)6-4-15/h7-10,15-16,31H,3-6,11H2,1-2H3,(H,28,32)/t15-,16+. The van der Waals surface area contributed by atoms with Gasteiger partial charge in [0.05, 0.1) is 39.4 Å². The minimum atomic E-state index is -0.282. The Bertz CT molecular complexity index is 1240. The molecular formula is C24H24Cl2N4O2. The molecule has 2 aromatic carbocycles. The molecule has 0 radical (unpaired) electrons. The van der Waals surface area contributed by atoms with Gasteiger partial charge in [-0.3, -0.25) is 4.79 Å². The van der Waals surface area contributed by atoms with Gasteiger partial charge in [-0.25, -0.2) is 4.98 Å². The highest BCUT2D eigenvalue weighted by molar-refractivity contribution is 6.38. The molecule has 0 unspecified atom stereocenters. The first-order valence-electron chi connectivity index (χ1n) is 10.6. The highest BCUT2D eigenvalue weighted by Gasteiger charge is 2.24. The number of imidazole rings is 1. The molecule has 6 nitrogen and oxygen atoms in total. The molecule has 1 heterocycles. The van der Waals surface area contributed by atoms with Crippen molar-refractivity contribution in [3.63, 3.8) is 0 Å². The van der Waals surface area contributed by atoms with E-state index in [4.69, 9.17) is 28.2 Å². The molecule has 32 heavy (non-hydrogen) atoms. The summed E-state index contributed by atoms with van der Waals surface area (Å²) in [4.78, 5) is 17.7. The number of fused-ring (bicyclic) bond motifs is 1. The van der Waals surface area contributed by atoms with Crippen LogP contribution in [0.25, 0.3) is 11.0 Å². The number of nitrogens with one attached hydrogen (secondary N) is 1. The number of aliphatic hydroxyl groups excluding tert-OH is 1. The average molecular weight is 471 g/mol. The van der Waals surface area contributed by atoms with Crippen LogP contribution >= 0.6 is 23.2 Å². The molecule has 1 saturated carbocycles. The first-order valence-corrected chi connectivity index (χ1v) is 11.4. The van der Waals surface area contributed by atoms with Gasteiger partial charge in [0.2, 0.25) is 0 Å². The Morgan fingerprint density at radius 3 is 2.69 bits per heavy atom. The van der Waals surface area contributed by atoms with Crippen molar-refractivity contribution in [1.82, 2.24) is 14.9 Å². The number of rotatable bonds is 4. The fourth-order valence-corrected chi connectivity index (χ4v) is 4.89. The van der Waals surface area contributed by atoms with E-state index in [0.29, 0.717) is 46.0 Å². The topological polar surface area (TPSA) is 90.9 Å². The summed E-state index contributed by atoms with van der Waals surface area (Å²) in [5, 5.41) is 22.8. The summed E-state index contributed by atoms with van der Waals surface area (Å²) in [6.07, 6.45) is 2.93. The van der Waals surface area contributed by atoms with Crippen molar-refractivity contribution in [2.45, 2.75) is 51.2 Å². The number of aliphatic hydroxyl groups is 1. The number of aryl methyl sites for hydroxylation is 2. The lowest BCUT2D eigenvalue weighted by Gasteiger charge is -2.26. The van der Waals surface area contributed by atoms with E-state index in [1.165, 1.54) is 0 Å². The van der Waals surface area contributed by atoms with Crippen molar-refractivity contribution in [3.05, 3.63) is 62.4 Å². The molecule has 166 valence electrons. The van der Waals surface area contributed by atoms with Crippen LogP contribution in [0.3, 0.4) is 0 Å². The van der Waals surface area contributed by atoms with Gasteiger partial charge in [-0.2, -0.15) is 5.26 Å². The van der Waals surface area contributed by atoms with Crippen LogP contribution < -0.4 is 5.32 Å². The first-order chi connectivity index (χ1) is 15.3. The summed E-state index contributed by atoms with van der Waals surface area (Å²) >= 11 is 13.1. The molecule has 8 heteroatoms. The summed E-state index contributed by atoms with van der Waals surface area (Å²) < 4.78 is 1.93. The molecule has 4 rings (SSSR count). The van der Waals surface area contributed by atoms with Crippen molar-refractivity contribution in [2.24, 2.45) is 7.05 Å². The third-order valence-corrected chi connectivity index (χ3v) is 6.98. The molecule has 2 N–H and O–H groups in total. The highest BCUT2D eigenvalue weighted by Crippen LogP contribution is 2.32. The van der Waals surface area contributed by atoms with Crippen LogP contribution in [0.5, 0.6) is 0 Å². The zero-order valence-corrected chi connectivity index (χ0v) is 19.5. The van der Waals surface area contributed by atoms with Gasteiger partial charge in [-0.1, -0.05) is 23.2 Å². The van der Waals surface area contributed by atoms with Gasteiger partial charge in [0.25, 0.3) is 5.91 Å². The van der Waals surface area contributed by atoms with Gasteiger partial charge in [0, 0.05) is 24.5 Å². The Hall–Kier alpha value is -2.59. The molecule has 1 fully saturated rings.